The van der Waals surface area contributed by atoms with Gasteiger partial charge < -0.3 is 15.3 Å². The van der Waals surface area contributed by atoms with Crippen molar-refractivity contribution in [2.75, 3.05) is 0 Å². The van der Waals surface area contributed by atoms with Gasteiger partial charge in [0.05, 0.1) is 0 Å². The van der Waals surface area contributed by atoms with Crippen LogP contribution in [0.3, 0.4) is 0 Å². The lowest BCUT2D eigenvalue weighted by molar-refractivity contribution is 0.469. The van der Waals surface area contributed by atoms with Crippen LogP contribution in [-0.4, -0.2) is 15.3 Å². The molecule has 29 heavy (non-hydrogen) atoms. The topological polar surface area (TPSA) is 60.7 Å². The third-order valence-electron chi connectivity index (χ3n) is 4.77. The van der Waals surface area contributed by atoms with Crippen LogP contribution in [0.4, 0.5) is 0 Å². The molecule has 0 unspecified atom stereocenters. The average molecular weight is 389 g/mol. The molecule has 150 valence electrons. The van der Waals surface area contributed by atoms with Crippen LogP contribution in [0.1, 0.15) is 22.3 Å². The molecule has 0 saturated heterocycles. The van der Waals surface area contributed by atoms with Crippen molar-refractivity contribution in [2.24, 2.45) is 0 Å². The van der Waals surface area contributed by atoms with Crippen molar-refractivity contribution in [1.29, 1.82) is 0 Å². The molecule has 0 saturated carbocycles. The van der Waals surface area contributed by atoms with E-state index in [4.69, 9.17) is 5.11 Å². The first kappa shape index (κ1) is 21.8. The zero-order valence-electron chi connectivity index (χ0n) is 17.0. The summed E-state index contributed by atoms with van der Waals surface area (Å²) in [7, 11) is 0. The molecule has 0 aliphatic rings. The number of hydrogen-bond acceptors (Lipinski definition) is 3. The Labute approximate surface area is 172 Å². The molecule has 0 fully saturated rings. The van der Waals surface area contributed by atoms with Gasteiger partial charge in [-0.3, -0.25) is 0 Å². The molecule has 0 aromatic heterocycles. The van der Waals surface area contributed by atoms with E-state index in [1.54, 1.807) is 30.3 Å². The fourth-order valence-electron chi connectivity index (χ4n) is 2.92. The highest BCUT2D eigenvalue weighted by Gasteiger charge is 2.08. The van der Waals surface area contributed by atoms with Crippen LogP contribution < -0.4 is 0 Å². The zero-order valence-corrected chi connectivity index (χ0v) is 17.0. The van der Waals surface area contributed by atoms with Crippen LogP contribution in [0.15, 0.2) is 79.9 Å². The van der Waals surface area contributed by atoms with Crippen molar-refractivity contribution in [2.45, 2.75) is 26.7 Å². The second kappa shape index (κ2) is 10.2. The van der Waals surface area contributed by atoms with Gasteiger partial charge in [-0.2, -0.15) is 0 Å². The molecular weight excluding hydrogens is 360 g/mol. The average Bonchev–Trinajstić information content (AvgIpc) is 2.70. The lowest BCUT2D eigenvalue weighted by Gasteiger charge is -2.10. The van der Waals surface area contributed by atoms with E-state index in [1.807, 2.05) is 50.3 Å². The maximum atomic E-state index is 10.0. The van der Waals surface area contributed by atoms with E-state index in [-0.39, 0.29) is 11.5 Å². The van der Waals surface area contributed by atoms with Crippen molar-refractivity contribution in [3.8, 4) is 28.4 Å². The number of phenols is 3. The number of aromatic hydroxyl groups is 3. The van der Waals surface area contributed by atoms with Crippen molar-refractivity contribution >= 4 is 0 Å². The summed E-state index contributed by atoms with van der Waals surface area (Å²) in [6.45, 7) is 11.3. The highest BCUT2D eigenvalue weighted by Crippen LogP contribution is 2.33. The van der Waals surface area contributed by atoms with Crippen LogP contribution in [0.25, 0.3) is 11.1 Å². The first-order valence-corrected chi connectivity index (χ1v) is 9.48. The van der Waals surface area contributed by atoms with Gasteiger partial charge >= 0.3 is 0 Å². The molecule has 0 bridgehead atoms. The predicted octanol–water partition coefficient (Wildman–Crippen LogP) is 6.23. The Morgan fingerprint density at radius 3 is 2.07 bits per heavy atom. The third kappa shape index (κ3) is 5.76. The summed E-state index contributed by atoms with van der Waals surface area (Å²) in [6.07, 6.45) is 4.92. The molecule has 0 aliphatic carbocycles. The maximum Gasteiger partial charge on any atom is 0.123 e. The van der Waals surface area contributed by atoms with E-state index in [2.05, 4.69) is 13.2 Å². The van der Waals surface area contributed by atoms with Crippen LogP contribution in [-0.2, 0) is 12.8 Å². The van der Waals surface area contributed by atoms with Gasteiger partial charge in [-0.05, 0) is 84.8 Å². The molecule has 0 aliphatic heterocycles. The van der Waals surface area contributed by atoms with Gasteiger partial charge in [0.25, 0.3) is 0 Å². The van der Waals surface area contributed by atoms with Gasteiger partial charge in [-0.25, -0.2) is 0 Å². The van der Waals surface area contributed by atoms with E-state index in [0.717, 1.165) is 39.8 Å². The molecule has 3 N–H and O–H groups in total. The van der Waals surface area contributed by atoms with E-state index >= 15 is 0 Å². The summed E-state index contributed by atoms with van der Waals surface area (Å²) in [5.74, 6) is 0.860. The molecule has 3 nitrogen and oxygen atoms in total. The molecule has 0 heterocycles. The summed E-state index contributed by atoms with van der Waals surface area (Å²) < 4.78 is 0. The predicted molar refractivity (Wildman–Crippen MR) is 121 cm³/mol. The Hall–Kier alpha value is -3.46. The number of allylic oxidation sites excluding steroid dienone is 2. The Morgan fingerprint density at radius 2 is 1.45 bits per heavy atom. The first-order chi connectivity index (χ1) is 13.9. The van der Waals surface area contributed by atoms with Crippen molar-refractivity contribution < 1.29 is 15.3 Å². The molecular formula is C26H28O3. The lowest BCUT2D eigenvalue weighted by atomic mass is 9.97. The Bertz CT molecular complexity index is 983. The van der Waals surface area contributed by atoms with Gasteiger partial charge in [0.15, 0.2) is 0 Å². The standard InChI is InChI=1S/C18H18O2.C8H10O/c1-3-5-13-7-9-18(20)16(11-13)14-8-10-17(19)15(12-14)6-4-2;1-6-4-3-5-8(9)7(6)2/h3-4,7-12,19-20H,1-2,5-6H2;3-5,9H,1-2H3. The summed E-state index contributed by atoms with van der Waals surface area (Å²) in [4.78, 5) is 0. The number of rotatable bonds is 5. The summed E-state index contributed by atoms with van der Waals surface area (Å²) >= 11 is 0. The number of aryl methyl sites for hydroxylation is 1. The molecule has 0 spiro atoms. The Kier molecular flexibility index (Phi) is 7.67. The van der Waals surface area contributed by atoms with Crippen LogP contribution in [0, 0.1) is 13.8 Å². The quantitative estimate of drug-likeness (QED) is 0.454. The van der Waals surface area contributed by atoms with E-state index in [1.165, 1.54) is 0 Å². The molecule has 3 aromatic carbocycles. The molecule has 3 aromatic rings. The second-order valence-corrected chi connectivity index (χ2v) is 6.90. The van der Waals surface area contributed by atoms with Crippen molar-refractivity contribution in [1.82, 2.24) is 0 Å². The largest absolute Gasteiger partial charge is 0.508 e. The molecule has 3 heteroatoms. The third-order valence-corrected chi connectivity index (χ3v) is 4.77. The molecule has 3 rings (SSSR count). The highest BCUT2D eigenvalue weighted by molar-refractivity contribution is 5.72. The van der Waals surface area contributed by atoms with Crippen LogP contribution >= 0.6 is 0 Å². The SMILES string of the molecule is C=CCc1ccc(O)c(-c2ccc(O)c(CC=C)c2)c1.Cc1cccc(O)c1C. The van der Waals surface area contributed by atoms with Crippen LogP contribution in [0.5, 0.6) is 17.2 Å². The van der Waals surface area contributed by atoms with Gasteiger partial charge in [-0.15, -0.1) is 13.2 Å². The van der Waals surface area contributed by atoms with Gasteiger partial charge in [0.2, 0.25) is 0 Å². The van der Waals surface area contributed by atoms with Crippen molar-refractivity contribution in [3.63, 3.8) is 0 Å². The normalized spacial score (nSPS) is 10.0. The van der Waals surface area contributed by atoms with Gasteiger partial charge in [0.1, 0.15) is 17.2 Å². The zero-order chi connectivity index (χ0) is 21.4. The van der Waals surface area contributed by atoms with E-state index in [9.17, 15) is 10.2 Å². The maximum absolute atomic E-state index is 10.0. The lowest BCUT2D eigenvalue weighted by Crippen LogP contribution is -1.88. The molecule has 0 radical (unpaired) electrons. The smallest absolute Gasteiger partial charge is 0.123 e. The monoisotopic (exact) mass is 388 g/mol. The fraction of sp³-hybridized carbons (Fsp3) is 0.154. The van der Waals surface area contributed by atoms with Gasteiger partial charge in [0, 0.05) is 5.56 Å². The minimum Gasteiger partial charge on any atom is -0.508 e. The first-order valence-electron chi connectivity index (χ1n) is 9.48. The summed E-state index contributed by atoms with van der Waals surface area (Å²) in [5.41, 5.74) is 5.63. The number of benzene rings is 3. The van der Waals surface area contributed by atoms with Crippen LogP contribution in [0.2, 0.25) is 0 Å². The van der Waals surface area contributed by atoms with Crippen molar-refractivity contribution in [3.05, 3.63) is 102 Å². The number of phenolic OH excluding ortho intramolecular Hbond substituents is 3. The summed E-state index contributed by atoms with van der Waals surface area (Å²) in [5, 5.41) is 28.9. The van der Waals surface area contributed by atoms with E-state index < -0.39 is 0 Å². The minimum atomic E-state index is 0.230. The molecule has 0 atom stereocenters. The fourth-order valence-corrected chi connectivity index (χ4v) is 2.92. The minimum absolute atomic E-state index is 0.230. The Balaban J connectivity index is 0.000000278. The highest BCUT2D eigenvalue weighted by atomic mass is 16.3. The number of hydrogen-bond donors (Lipinski definition) is 3. The second-order valence-electron chi connectivity index (χ2n) is 6.90. The Morgan fingerprint density at radius 1 is 0.759 bits per heavy atom. The summed E-state index contributed by atoms with van der Waals surface area (Å²) in [6, 6.07) is 16.4. The van der Waals surface area contributed by atoms with Gasteiger partial charge in [-0.1, -0.05) is 36.4 Å². The van der Waals surface area contributed by atoms with E-state index in [0.29, 0.717) is 12.2 Å². The molecule has 0 amide bonds.